The number of benzene rings is 1. The predicted octanol–water partition coefficient (Wildman–Crippen LogP) is 3.33. The quantitative estimate of drug-likeness (QED) is 0.684. The number of aromatic nitrogens is 2. The lowest BCUT2D eigenvalue weighted by atomic mass is 9.96. The standard InChI is InChI=1S/C24H27FN4O2/c1-3-29-17(2)16-20(30)22(24(29)31)23(18-7-9-19(25)10-8-18)28-14-12-27(13-15-28)21-6-4-5-11-26-21/h4-11,16,23,30H,3,12-15H2,1-2H3/t23-/m1/s1. The minimum Gasteiger partial charge on any atom is -0.507 e. The van der Waals surface area contributed by atoms with Crippen LogP contribution in [0.4, 0.5) is 10.2 Å². The van der Waals surface area contributed by atoms with Gasteiger partial charge in [-0.25, -0.2) is 9.37 Å². The van der Waals surface area contributed by atoms with Gasteiger partial charge >= 0.3 is 0 Å². The Morgan fingerprint density at radius 2 is 1.81 bits per heavy atom. The zero-order valence-corrected chi connectivity index (χ0v) is 17.8. The van der Waals surface area contributed by atoms with E-state index < -0.39 is 6.04 Å². The van der Waals surface area contributed by atoms with E-state index in [0.29, 0.717) is 30.9 Å². The minimum absolute atomic E-state index is 0.0197. The van der Waals surface area contributed by atoms with E-state index in [4.69, 9.17) is 0 Å². The van der Waals surface area contributed by atoms with Crippen LogP contribution in [0.15, 0.2) is 59.5 Å². The molecule has 0 spiro atoms. The van der Waals surface area contributed by atoms with E-state index in [9.17, 15) is 14.3 Å². The molecule has 1 aromatic carbocycles. The van der Waals surface area contributed by atoms with Crippen LogP contribution in [0.2, 0.25) is 0 Å². The van der Waals surface area contributed by atoms with Crippen molar-refractivity contribution in [3.8, 4) is 5.75 Å². The number of hydrogen-bond donors (Lipinski definition) is 1. The Bertz CT molecular complexity index is 1090. The number of piperazine rings is 1. The summed E-state index contributed by atoms with van der Waals surface area (Å²) in [7, 11) is 0. The smallest absolute Gasteiger partial charge is 0.259 e. The Hall–Kier alpha value is -3.19. The molecule has 0 unspecified atom stereocenters. The van der Waals surface area contributed by atoms with E-state index in [-0.39, 0.29) is 17.1 Å². The molecule has 6 nitrogen and oxygen atoms in total. The summed E-state index contributed by atoms with van der Waals surface area (Å²) in [4.78, 5) is 22.1. The summed E-state index contributed by atoms with van der Waals surface area (Å²) >= 11 is 0. The van der Waals surface area contributed by atoms with Gasteiger partial charge in [0.05, 0.1) is 11.6 Å². The Labute approximate surface area is 181 Å². The van der Waals surface area contributed by atoms with Crippen molar-refractivity contribution in [2.75, 3.05) is 31.1 Å². The highest BCUT2D eigenvalue weighted by atomic mass is 19.1. The second-order valence-electron chi connectivity index (χ2n) is 7.80. The van der Waals surface area contributed by atoms with Crippen LogP contribution >= 0.6 is 0 Å². The Kier molecular flexibility index (Phi) is 6.04. The fourth-order valence-electron chi connectivity index (χ4n) is 4.37. The predicted molar refractivity (Wildman–Crippen MR) is 119 cm³/mol. The second kappa shape index (κ2) is 8.89. The molecule has 0 bridgehead atoms. The molecule has 3 aromatic rings. The van der Waals surface area contributed by atoms with Crippen molar-refractivity contribution >= 4 is 5.82 Å². The molecule has 1 N–H and O–H groups in total. The maximum absolute atomic E-state index is 13.6. The van der Waals surface area contributed by atoms with Gasteiger partial charge in [-0.2, -0.15) is 0 Å². The number of anilines is 1. The molecule has 3 heterocycles. The number of nitrogens with zero attached hydrogens (tertiary/aromatic N) is 4. The summed E-state index contributed by atoms with van der Waals surface area (Å²) in [6.45, 7) is 7.07. The van der Waals surface area contributed by atoms with Crippen LogP contribution in [-0.2, 0) is 6.54 Å². The maximum atomic E-state index is 13.6. The molecular weight excluding hydrogens is 395 g/mol. The number of rotatable bonds is 5. The van der Waals surface area contributed by atoms with Crippen molar-refractivity contribution < 1.29 is 9.50 Å². The Morgan fingerprint density at radius 3 is 2.42 bits per heavy atom. The van der Waals surface area contributed by atoms with E-state index in [1.807, 2.05) is 32.0 Å². The first-order chi connectivity index (χ1) is 15.0. The highest BCUT2D eigenvalue weighted by Crippen LogP contribution is 2.33. The van der Waals surface area contributed by atoms with Crippen molar-refractivity contribution in [3.63, 3.8) is 0 Å². The lowest BCUT2D eigenvalue weighted by molar-refractivity contribution is 0.207. The van der Waals surface area contributed by atoms with E-state index in [0.717, 1.165) is 24.5 Å². The first-order valence-electron chi connectivity index (χ1n) is 10.6. The van der Waals surface area contributed by atoms with Crippen molar-refractivity contribution in [3.05, 3.63) is 87.7 Å². The van der Waals surface area contributed by atoms with Crippen LogP contribution in [0.5, 0.6) is 5.75 Å². The number of pyridine rings is 2. The van der Waals surface area contributed by atoms with Crippen LogP contribution < -0.4 is 10.5 Å². The average molecular weight is 423 g/mol. The van der Waals surface area contributed by atoms with E-state index in [1.165, 1.54) is 12.1 Å². The SMILES string of the molecule is CCn1c(C)cc(O)c([C@@H](c2ccc(F)cc2)N2CCN(c3ccccn3)CC2)c1=O. The molecule has 4 rings (SSSR count). The molecule has 162 valence electrons. The summed E-state index contributed by atoms with van der Waals surface area (Å²) in [5, 5.41) is 10.8. The molecular formula is C24H27FN4O2. The van der Waals surface area contributed by atoms with Crippen molar-refractivity contribution in [2.45, 2.75) is 26.4 Å². The highest BCUT2D eigenvalue weighted by molar-refractivity contribution is 5.42. The topological polar surface area (TPSA) is 61.6 Å². The van der Waals surface area contributed by atoms with Crippen molar-refractivity contribution in [2.24, 2.45) is 0 Å². The monoisotopic (exact) mass is 422 g/mol. The Morgan fingerprint density at radius 1 is 1.10 bits per heavy atom. The summed E-state index contributed by atoms with van der Waals surface area (Å²) in [6, 6.07) is 13.2. The van der Waals surface area contributed by atoms with Crippen LogP contribution in [0.3, 0.4) is 0 Å². The van der Waals surface area contributed by atoms with Gasteiger partial charge in [-0.15, -0.1) is 0 Å². The largest absolute Gasteiger partial charge is 0.507 e. The number of aryl methyl sites for hydroxylation is 1. The first-order valence-corrected chi connectivity index (χ1v) is 10.6. The van der Waals surface area contributed by atoms with Gasteiger partial charge in [0, 0.05) is 44.6 Å². The number of hydrogen-bond acceptors (Lipinski definition) is 5. The maximum Gasteiger partial charge on any atom is 0.259 e. The zero-order chi connectivity index (χ0) is 22.0. The van der Waals surface area contributed by atoms with Crippen LogP contribution in [0.25, 0.3) is 0 Å². The lowest BCUT2D eigenvalue weighted by Crippen LogP contribution is -2.49. The minimum atomic E-state index is -0.461. The number of aromatic hydroxyl groups is 1. The van der Waals surface area contributed by atoms with Crippen LogP contribution in [-0.4, -0.2) is 45.7 Å². The number of halogens is 1. The molecule has 0 aliphatic carbocycles. The molecule has 1 saturated heterocycles. The molecule has 2 aromatic heterocycles. The third kappa shape index (κ3) is 4.18. The van der Waals surface area contributed by atoms with E-state index >= 15 is 0 Å². The van der Waals surface area contributed by atoms with Crippen molar-refractivity contribution in [1.82, 2.24) is 14.5 Å². The van der Waals surface area contributed by atoms with Gasteiger partial charge in [0.1, 0.15) is 17.4 Å². The van der Waals surface area contributed by atoms with Gasteiger partial charge in [0.2, 0.25) is 0 Å². The van der Waals surface area contributed by atoms with Gasteiger partial charge in [0.25, 0.3) is 5.56 Å². The molecule has 0 amide bonds. The Balaban J connectivity index is 1.72. The molecule has 1 fully saturated rings. The van der Waals surface area contributed by atoms with Gasteiger partial charge < -0.3 is 14.6 Å². The third-order valence-corrected chi connectivity index (χ3v) is 5.95. The zero-order valence-electron chi connectivity index (χ0n) is 17.8. The molecule has 31 heavy (non-hydrogen) atoms. The molecule has 7 heteroatoms. The summed E-state index contributed by atoms with van der Waals surface area (Å²) in [5.74, 6) is 0.572. The van der Waals surface area contributed by atoms with E-state index in [1.54, 1.807) is 29.0 Å². The van der Waals surface area contributed by atoms with Gasteiger partial charge in [-0.3, -0.25) is 9.69 Å². The highest BCUT2D eigenvalue weighted by Gasteiger charge is 2.31. The van der Waals surface area contributed by atoms with Crippen molar-refractivity contribution in [1.29, 1.82) is 0 Å². The summed E-state index contributed by atoms with van der Waals surface area (Å²) in [5.41, 5.74) is 1.63. The molecule has 0 saturated carbocycles. The normalized spacial score (nSPS) is 15.8. The van der Waals surface area contributed by atoms with E-state index in [2.05, 4.69) is 14.8 Å². The molecule has 1 aliphatic heterocycles. The fraction of sp³-hybridized carbons (Fsp3) is 0.333. The van der Waals surface area contributed by atoms with Gasteiger partial charge in [-0.1, -0.05) is 18.2 Å². The van der Waals surface area contributed by atoms with Crippen LogP contribution in [0.1, 0.15) is 29.8 Å². The summed E-state index contributed by atoms with van der Waals surface area (Å²) < 4.78 is 15.3. The summed E-state index contributed by atoms with van der Waals surface area (Å²) in [6.07, 6.45) is 1.78. The fourth-order valence-corrected chi connectivity index (χ4v) is 4.37. The average Bonchev–Trinajstić information content (AvgIpc) is 2.78. The van der Waals surface area contributed by atoms with Crippen LogP contribution in [0, 0.1) is 12.7 Å². The third-order valence-electron chi connectivity index (χ3n) is 5.95. The second-order valence-corrected chi connectivity index (χ2v) is 7.80. The lowest BCUT2D eigenvalue weighted by Gasteiger charge is -2.40. The molecule has 1 aliphatic rings. The first kappa shape index (κ1) is 21.1. The van der Waals surface area contributed by atoms with Gasteiger partial charge in [-0.05, 0) is 49.7 Å². The molecule has 0 radical (unpaired) electrons. The van der Waals surface area contributed by atoms with Gasteiger partial charge in [0.15, 0.2) is 0 Å². The molecule has 1 atom stereocenters.